The van der Waals surface area contributed by atoms with Gasteiger partial charge in [0.1, 0.15) is 5.01 Å². The lowest BCUT2D eigenvalue weighted by Crippen LogP contribution is -2.14. The van der Waals surface area contributed by atoms with Gasteiger partial charge in [0.2, 0.25) is 0 Å². The average Bonchev–Trinajstić information content (AvgIpc) is 2.15. The van der Waals surface area contributed by atoms with E-state index in [9.17, 15) is 0 Å². The Balaban J connectivity index is 3.06. The maximum atomic E-state index is 5.91. The van der Waals surface area contributed by atoms with Gasteiger partial charge in [-0.3, -0.25) is 0 Å². The lowest BCUT2D eigenvalue weighted by atomic mass is 9.86. The number of alkyl halides is 1. The van der Waals surface area contributed by atoms with Gasteiger partial charge in [-0.25, -0.2) is 0 Å². The van der Waals surface area contributed by atoms with Crippen molar-refractivity contribution >= 4 is 40.9 Å². The van der Waals surface area contributed by atoms with Crippen LogP contribution in [0.4, 0.5) is 0 Å². The predicted molar refractivity (Wildman–Crippen MR) is 84.5 cm³/mol. The second-order valence-electron chi connectivity index (χ2n) is 5.49. The average molecular weight is 380 g/mol. The van der Waals surface area contributed by atoms with E-state index in [2.05, 4.69) is 83.9 Å². The van der Waals surface area contributed by atoms with Crippen LogP contribution in [0.2, 0.25) is 13.1 Å². The van der Waals surface area contributed by atoms with E-state index in [1.165, 1.54) is 11.1 Å². The summed E-state index contributed by atoms with van der Waals surface area (Å²) in [6, 6.07) is 6.50. The fraction of sp³-hybridized carbons (Fsp3) is 0.538. The van der Waals surface area contributed by atoms with Gasteiger partial charge in [-0.2, -0.15) is 0 Å². The Kier molecular flexibility index (Phi) is 5.44. The Morgan fingerprint density at radius 3 is 2.29 bits per heavy atom. The van der Waals surface area contributed by atoms with Gasteiger partial charge in [-0.05, 0) is 30.1 Å². The van der Waals surface area contributed by atoms with Crippen molar-refractivity contribution in [1.29, 1.82) is 0 Å². The van der Waals surface area contributed by atoms with Crippen molar-refractivity contribution in [2.75, 3.05) is 0 Å². The van der Waals surface area contributed by atoms with Crippen LogP contribution in [0.3, 0.4) is 0 Å². The fourth-order valence-corrected chi connectivity index (χ4v) is 4.56. The highest BCUT2D eigenvalue weighted by Gasteiger charge is 2.19. The molecular weight excluding hydrogens is 360 g/mol. The number of benzene rings is 1. The van der Waals surface area contributed by atoms with E-state index < -0.39 is 9.04 Å². The summed E-state index contributed by atoms with van der Waals surface area (Å²) in [4.78, 5) is 0. The summed E-state index contributed by atoms with van der Waals surface area (Å²) in [5, 5.41) is -0.00848. The SMILES string of the molecule is C[SiH](C)OC(Br)c1cc(C(C)(C)C)ccc1Br. The van der Waals surface area contributed by atoms with E-state index in [0.717, 1.165) is 4.47 Å². The van der Waals surface area contributed by atoms with E-state index in [1.54, 1.807) is 0 Å². The summed E-state index contributed by atoms with van der Waals surface area (Å²) >= 11 is 7.21. The molecule has 0 fully saturated rings. The van der Waals surface area contributed by atoms with Crippen molar-refractivity contribution in [3.63, 3.8) is 0 Å². The number of hydrogen-bond acceptors (Lipinski definition) is 1. The minimum Gasteiger partial charge on any atom is -0.404 e. The number of rotatable bonds is 3. The highest BCUT2D eigenvalue weighted by atomic mass is 79.9. The van der Waals surface area contributed by atoms with Crippen LogP contribution in [-0.4, -0.2) is 9.04 Å². The molecule has 0 aromatic heterocycles. The Bertz CT molecular complexity index is 385. The number of halogens is 2. The smallest absolute Gasteiger partial charge is 0.172 e. The quantitative estimate of drug-likeness (QED) is 0.521. The first-order valence-electron chi connectivity index (χ1n) is 5.81. The van der Waals surface area contributed by atoms with E-state index in [0.29, 0.717) is 0 Å². The van der Waals surface area contributed by atoms with Gasteiger partial charge in [0.05, 0.1) is 0 Å². The molecule has 0 aliphatic carbocycles. The zero-order chi connectivity index (χ0) is 13.2. The molecule has 0 N–H and O–H groups in total. The van der Waals surface area contributed by atoms with Crippen LogP contribution in [0.25, 0.3) is 0 Å². The van der Waals surface area contributed by atoms with Crippen molar-refractivity contribution < 1.29 is 4.43 Å². The van der Waals surface area contributed by atoms with E-state index >= 15 is 0 Å². The maximum Gasteiger partial charge on any atom is 0.172 e. The standard InChI is InChI=1S/C13H20Br2OSi/c1-13(2,3)9-6-7-11(14)10(8-9)12(15)16-17(4)5/h6-8,12,17H,1-5H3. The van der Waals surface area contributed by atoms with E-state index in [-0.39, 0.29) is 10.4 Å². The molecule has 96 valence electrons. The van der Waals surface area contributed by atoms with Crippen LogP contribution < -0.4 is 0 Å². The molecule has 1 nitrogen and oxygen atoms in total. The van der Waals surface area contributed by atoms with E-state index in [4.69, 9.17) is 4.43 Å². The lowest BCUT2D eigenvalue weighted by molar-refractivity contribution is 0.308. The molecule has 0 spiro atoms. The second kappa shape index (κ2) is 6.00. The predicted octanol–water partition coefficient (Wildman–Crippen LogP) is 5.14. The van der Waals surface area contributed by atoms with Gasteiger partial charge >= 0.3 is 0 Å². The zero-order valence-electron chi connectivity index (χ0n) is 11.1. The molecule has 1 aromatic carbocycles. The maximum absolute atomic E-state index is 5.91. The molecule has 0 aliphatic rings. The van der Waals surface area contributed by atoms with Crippen LogP contribution in [0.1, 0.15) is 36.9 Å². The van der Waals surface area contributed by atoms with Gasteiger partial charge < -0.3 is 4.43 Å². The van der Waals surface area contributed by atoms with E-state index in [1.807, 2.05) is 0 Å². The van der Waals surface area contributed by atoms with Crippen molar-refractivity contribution in [1.82, 2.24) is 0 Å². The third kappa shape index (κ3) is 4.50. The van der Waals surface area contributed by atoms with Crippen LogP contribution >= 0.6 is 31.9 Å². The van der Waals surface area contributed by atoms with Crippen LogP contribution in [0, 0.1) is 0 Å². The summed E-state index contributed by atoms with van der Waals surface area (Å²) in [6.45, 7) is 11.0. The molecule has 1 unspecified atom stereocenters. The lowest BCUT2D eigenvalue weighted by Gasteiger charge is -2.22. The molecule has 17 heavy (non-hydrogen) atoms. The number of hydrogen-bond donors (Lipinski definition) is 0. The van der Waals surface area contributed by atoms with Gasteiger partial charge in [-0.1, -0.05) is 64.8 Å². The van der Waals surface area contributed by atoms with Crippen LogP contribution in [0.5, 0.6) is 0 Å². The molecule has 0 saturated heterocycles. The summed E-state index contributed by atoms with van der Waals surface area (Å²) in [7, 11) is -1.04. The molecule has 1 aromatic rings. The monoisotopic (exact) mass is 378 g/mol. The molecule has 0 amide bonds. The van der Waals surface area contributed by atoms with Crippen molar-refractivity contribution in [3.05, 3.63) is 33.8 Å². The minimum atomic E-state index is -1.04. The third-order valence-electron chi connectivity index (χ3n) is 2.50. The van der Waals surface area contributed by atoms with Crippen molar-refractivity contribution in [2.45, 2.75) is 44.3 Å². The Morgan fingerprint density at radius 2 is 1.82 bits per heavy atom. The van der Waals surface area contributed by atoms with Crippen LogP contribution in [0.15, 0.2) is 22.7 Å². The van der Waals surface area contributed by atoms with Gasteiger partial charge in [-0.15, -0.1) is 0 Å². The molecule has 0 radical (unpaired) electrons. The second-order valence-corrected chi connectivity index (χ2v) is 9.54. The van der Waals surface area contributed by atoms with Crippen molar-refractivity contribution in [2.24, 2.45) is 0 Å². The molecule has 1 rings (SSSR count). The molecular formula is C13H20Br2OSi. The zero-order valence-corrected chi connectivity index (χ0v) is 15.4. The normalized spacial score (nSPS) is 14.1. The highest BCUT2D eigenvalue weighted by Crippen LogP contribution is 2.34. The molecule has 0 bridgehead atoms. The molecule has 0 saturated carbocycles. The first-order chi connectivity index (χ1) is 7.71. The highest BCUT2D eigenvalue weighted by molar-refractivity contribution is 9.11. The van der Waals surface area contributed by atoms with Crippen molar-refractivity contribution in [3.8, 4) is 0 Å². The summed E-state index contributed by atoms with van der Waals surface area (Å²) in [6.07, 6.45) is 0. The topological polar surface area (TPSA) is 9.23 Å². The Labute approximate surface area is 123 Å². The Hall–Kier alpha value is 0.357. The van der Waals surface area contributed by atoms with Gasteiger partial charge in [0.25, 0.3) is 0 Å². The summed E-state index contributed by atoms with van der Waals surface area (Å²) < 4.78 is 7.01. The van der Waals surface area contributed by atoms with Gasteiger partial charge in [0.15, 0.2) is 9.04 Å². The summed E-state index contributed by atoms with van der Waals surface area (Å²) in [5.74, 6) is 0. The minimum absolute atomic E-state index is 0.00848. The largest absolute Gasteiger partial charge is 0.404 e. The summed E-state index contributed by atoms with van der Waals surface area (Å²) in [5.41, 5.74) is 2.67. The first-order valence-corrected chi connectivity index (χ1v) is 10.3. The van der Waals surface area contributed by atoms with Crippen LogP contribution in [-0.2, 0) is 9.84 Å². The molecule has 4 heteroatoms. The molecule has 1 atom stereocenters. The molecule has 0 aliphatic heterocycles. The fourth-order valence-electron chi connectivity index (χ4n) is 1.50. The first kappa shape index (κ1) is 15.4. The molecule has 0 heterocycles. The third-order valence-corrected chi connectivity index (χ3v) is 5.14. The Morgan fingerprint density at radius 1 is 1.24 bits per heavy atom. The van der Waals surface area contributed by atoms with Gasteiger partial charge in [0, 0.05) is 10.0 Å².